The molecule has 7 nitrogen and oxygen atoms in total. The molecular formula is C22H23N3O4. The van der Waals surface area contributed by atoms with Gasteiger partial charge in [-0.3, -0.25) is 14.4 Å². The van der Waals surface area contributed by atoms with Crippen molar-refractivity contribution in [2.75, 3.05) is 11.9 Å². The molecule has 0 unspecified atom stereocenters. The number of esters is 1. The van der Waals surface area contributed by atoms with Crippen LogP contribution >= 0.6 is 0 Å². The van der Waals surface area contributed by atoms with Crippen molar-refractivity contribution in [3.63, 3.8) is 0 Å². The Kier molecular flexibility index (Phi) is 6.39. The molecule has 0 fully saturated rings. The molecule has 2 N–H and O–H groups in total. The third-order valence-electron chi connectivity index (χ3n) is 4.83. The minimum atomic E-state index is -0.600. The van der Waals surface area contributed by atoms with Gasteiger partial charge in [0.25, 0.3) is 11.5 Å². The lowest BCUT2D eigenvalue weighted by molar-refractivity contribution is -0.146. The van der Waals surface area contributed by atoms with Gasteiger partial charge >= 0.3 is 5.97 Å². The minimum Gasteiger partial charge on any atom is -0.455 e. The van der Waals surface area contributed by atoms with Crippen LogP contribution < -0.4 is 10.9 Å². The highest BCUT2D eigenvalue weighted by atomic mass is 16.5. The second kappa shape index (κ2) is 9.14. The van der Waals surface area contributed by atoms with Gasteiger partial charge in [0.1, 0.15) is 0 Å². The predicted molar refractivity (Wildman–Crippen MR) is 111 cm³/mol. The molecule has 1 atom stereocenters. The summed E-state index contributed by atoms with van der Waals surface area (Å²) in [6.07, 6.45) is 0.898. The second-order valence-electron chi connectivity index (χ2n) is 6.86. The van der Waals surface area contributed by atoms with Gasteiger partial charge in [0.05, 0.1) is 17.5 Å². The Morgan fingerprint density at radius 1 is 1.10 bits per heavy atom. The van der Waals surface area contributed by atoms with E-state index in [0.29, 0.717) is 28.1 Å². The second-order valence-corrected chi connectivity index (χ2v) is 6.86. The maximum absolute atomic E-state index is 12.1. The third kappa shape index (κ3) is 5.07. The standard InChI is InChI=1S/C22H23N3O4/c1-3-14(2)15-8-10-16(11-9-15)23-20(26)13-29-21(27)12-19-17-6-4-5-7-18(17)22(28)25-24-19/h4-11,14H,3,12-13H2,1-2H3,(H,23,26)(H,25,28)/t14-/m0/s1. The molecule has 0 aliphatic heterocycles. The van der Waals surface area contributed by atoms with Gasteiger partial charge in [-0.05, 0) is 36.1 Å². The molecule has 0 aliphatic rings. The number of anilines is 1. The Morgan fingerprint density at radius 2 is 1.79 bits per heavy atom. The number of rotatable bonds is 7. The highest BCUT2D eigenvalue weighted by molar-refractivity contribution is 5.93. The van der Waals surface area contributed by atoms with Gasteiger partial charge in [-0.1, -0.05) is 44.2 Å². The molecule has 0 spiro atoms. The van der Waals surface area contributed by atoms with Gasteiger partial charge in [-0.25, -0.2) is 5.10 Å². The molecule has 1 amide bonds. The molecule has 0 bridgehead atoms. The number of aromatic nitrogens is 2. The van der Waals surface area contributed by atoms with Gasteiger partial charge in [0.15, 0.2) is 6.61 Å². The van der Waals surface area contributed by atoms with Gasteiger partial charge in [-0.15, -0.1) is 0 Å². The highest BCUT2D eigenvalue weighted by Gasteiger charge is 2.13. The van der Waals surface area contributed by atoms with Crippen molar-refractivity contribution >= 4 is 28.3 Å². The number of fused-ring (bicyclic) bond motifs is 1. The first-order valence-electron chi connectivity index (χ1n) is 9.49. The fourth-order valence-electron chi connectivity index (χ4n) is 2.97. The highest BCUT2D eigenvalue weighted by Crippen LogP contribution is 2.20. The lowest BCUT2D eigenvalue weighted by Gasteiger charge is -2.11. The fourth-order valence-corrected chi connectivity index (χ4v) is 2.97. The molecule has 0 radical (unpaired) electrons. The molecule has 0 saturated carbocycles. The summed E-state index contributed by atoms with van der Waals surface area (Å²) in [5.41, 5.74) is 1.92. The normalized spacial score (nSPS) is 11.8. The van der Waals surface area contributed by atoms with Gasteiger partial charge < -0.3 is 10.1 Å². The first-order chi connectivity index (χ1) is 14.0. The zero-order valence-corrected chi connectivity index (χ0v) is 16.4. The van der Waals surface area contributed by atoms with Crippen LogP contribution in [0, 0.1) is 0 Å². The summed E-state index contributed by atoms with van der Waals surface area (Å²) < 4.78 is 5.06. The maximum Gasteiger partial charge on any atom is 0.312 e. The minimum absolute atomic E-state index is 0.145. The largest absolute Gasteiger partial charge is 0.455 e. The third-order valence-corrected chi connectivity index (χ3v) is 4.83. The van der Waals surface area contributed by atoms with E-state index in [-0.39, 0.29) is 12.0 Å². The van der Waals surface area contributed by atoms with Crippen LogP contribution in [0.3, 0.4) is 0 Å². The van der Waals surface area contributed by atoms with Crippen molar-refractivity contribution in [3.05, 3.63) is 70.1 Å². The van der Waals surface area contributed by atoms with E-state index in [0.717, 1.165) is 6.42 Å². The number of hydrogen-bond acceptors (Lipinski definition) is 5. The number of aromatic amines is 1. The number of H-pyrrole nitrogens is 1. The Hall–Kier alpha value is -3.48. The molecular weight excluding hydrogens is 370 g/mol. The number of carbonyl (C=O) groups is 2. The number of nitrogens with zero attached hydrogens (tertiary/aromatic N) is 1. The van der Waals surface area contributed by atoms with Crippen LogP contribution in [-0.4, -0.2) is 28.7 Å². The number of amides is 1. The number of carbonyl (C=O) groups excluding carboxylic acids is 2. The van der Waals surface area contributed by atoms with Crippen LogP contribution in [0.4, 0.5) is 5.69 Å². The monoisotopic (exact) mass is 393 g/mol. The van der Waals surface area contributed by atoms with E-state index in [4.69, 9.17) is 4.74 Å². The summed E-state index contributed by atoms with van der Waals surface area (Å²) >= 11 is 0. The van der Waals surface area contributed by atoms with Gasteiger partial charge in [0, 0.05) is 11.1 Å². The molecule has 2 aromatic carbocycles. The van der Waals surface area contributed by atoms with Crippen molar-refractivity contribution < 1.29 is 14.3 Å². The van der Waals surface area contributed by atoms with Crippen molar-refractivity contribution in [1.82, 2.24) is 10.2 Å². The van der Waals surface area contributed by atoms with Gasteiger partial charge in [-0.2, -0.15) is 5.10 Å². The van der Waals surface area contributed by atoms with E-state index in [2.05, 4.69) is 29.4 Å². The van der Waals surface area contributed by atoms with Crippen LogP contribution in [0.2, 0.25) is 0 Å². The first kappa shape index (κ1) is 20.3. The summed E-state index contributed by atoms with van der Waals surface area (Å²) in [5, 5.41) is 10.0. The Labute approximate surface area is 168 Å². The van der Waals surface area contributed by atoms with Crippen molar-refractivity contribution in [1.29, 1.82) is 0 Å². The Balaban J connectivity index is 1.55. The molecule has 7 heteroatoms. The lowest BCUT2D eigenvalue weighted by Crippen LogP contribution is -2.22. The van der Waals surface area contributed by atoms with Crippen molar-refractivity contribution in [2.24, 2.45) is 0 Å². The SMILES string of the molecule is CC[C@H](C)c1ccc(NC(=O)COC(=O)Cc2n[nH]c(=O)c3ccccc23)cc1. The summed E-state index contributed by atoms with van der Waals surface area (Å²) in [5.74, 6) is -0.566. The molecule has 1 aromatic heterocycles. The van der Waals surface area contributed by atoms with E-state index in [9.17, 15) is 14.4 Å². The van der Waals surface area contributed by atoms with E-state index in [1.54, 1.807) is 24.3 Å². The van der Waals surface area contributed by atoms with E-state index >= 15 is 0 Å². The summed E-state index contributed by atoms with van der Waals surface area (Å²) in [6, 6.07) is 14.5. The average molecular weight is 393 g/mol. The Morgan fingerprint density at radius 3 is 2.48 bits per heavy atom. The van der Waals surface area contributed by atoms with Crippen LogP contribution in [0.25, 0.3) is 10.8 Å². The smallest absolute Gasteiger partial charge is 0.312 e. The predicted octanol–water partition coefficient (Wildman–Crippen LogP) is 3.16. The van der Waals surface area contributed by atoms with Crippen molar-refractivity contribution in [2.45, 2.75) is 32.6 Å². The fraction of sp³-hybridized carbons (Fsp3) is 0.273. The van der Waals surface area contributed by atoms with Crippen LogP contribution in [0.15, 0.2) is 53.3 Å². The number of nitrogens with one attached hydrogen (secondary N) is 2. The van der Waals surface area contributed by atoms with Crippen LogP contribution in [0.1, 0.15) is 37.4 Å². The van der Waals surface area contributed by atoms with Crippen LogP contribution in [-0.2, 0) is 20.7 Å². The Bertz CT molecular complexity index is 1070. The quantitative estimate of drug-likeness (QED) is 0.601. The number of hydrogen-bond donors (Lipinski definition) is 2. The van der Waals surface area contributed by atoms with Gasteiger partial charge in [0.2, 0.25) is 0 Å². The molecule has 29 heavy (non-hydrogen) atoms. The molecule has 0 aliphatic carbocycles. The molecule has 3 rings (SSSR count). The van der Waals surface area contributed by atoms with Crippen molar-refractivity contribution in [3.8, 4) is 0 Å². The van der Waals surface area contributed by atoms with E-state index in [1.807, 2.05) is 24.3 Å². The molecule has 150 valence electrons. The molecule has 3 aromatic rings. The lowest BCUT2D eigenvalue weighted by atomic mass is 9.99. The zero-order chi connectivity index (χ0) is 20.8. The summed E-state index contributed by atoms with van der Waals surface area (Å²) in [6.45, 7) is 3.88. The van der Waals surface area contributed by atoms with E-state index < -0.39 is 18.5 Å². The summed E-state index contributed by atoms with van der Waals surface area (Å²) in [7, 11) is 0. The molecule has 0 saturated heterocycles. The van der Waals surface area contributed by atoms with Crippen LogP contribution in [0.5, 0.6) is 0 Å². The zero-order valence-electron chi connectivity index (χ0n) is 16.4. The first-order valence-corrected chi connectivity index (χ1v) is 9.49. The topological polar surface area (TPSA) is 101 Å². The average Bonchev–Trinajstić information content (AvgIpc) is 2.74. The summed E-state index contributed by atoms with van der Waals surface area (Å²) in [4.78, 5) is 36.0. The number of ether oxygens (including phenoxy) is 1. The number of benzene rings is 2. The maximum atomic E-state index is 12.1. The molecule has 1 heterocycles. The van der Waals surface area contributed by atoms with E-state index in [1.165, 1.54) is 5.56 Å².